The number of benzene rings is 1. The van der Waals surface area contributed by atoms with Crippen LogP contribution in [0.25, 0.3) is 0 Å². The number of hydrogen-bond acceptors (Lipinski definition) is 6. The molecule has 3 rings (SSSR count). The van der Waals surface area contributed by atoms with Crippen molar-refractivity contribution in [2.24, 2.45) is 14.1 Å². The Morgan fingerprint density at radius 2 is 1.48 bits per heavy atom. The molecule has 2 amide bonds. The van der Waals surface area contributed by atoms with E-state index in [1.165, 1.54) is 26.2 Å². The molecule has 0 atom stereocenters. The molecule has 0 saturated carbocycles. The van der Waals surface area contributed by atoms with E-state index in [9.17, 15) is 24.0 Å². The van der Waals surface area contributed by atoms with E-state index in [0.717, 1.165) is 14.0 Å². The van der Waals surface area contributed by atoms with Crippen molar-refractivity contribution < 1.29 is 14.4 Å². The van der Waals surface area contributed by atoms with Gasteiger partial charge in [-0.3, -0.25) is 33.2 Å². The van der Waals surface area contributed by atoms with Gasteiger partial charge in [-0.1, -0.05) is 12.1 Å². The largest absolute Gasteiger partial charge is 0.384 e. The van der Waals surface area contributed by atoms with Gasteiger partial charge in [0, 0.05) is 14.1 Å². The van der Waals surface area contributed by atoms with Crippen LogP contribution in [-0.2, 0) is 14.1 Å². The van der Waals surface area contributed by atoms with Crippen molar-refractivity contribution in [2.45, 2.75) is 0 Å². The monoisotopic (exact) mass is 342 g/mol. The third kappa shape index (κ3) is 2.28. The molecule has 0 fully saturated rings. The number of nitrogen functional groups attached to an aromatic ring is 1. The van der Waals surface area contributed by atoms with Crippen LogP contribution < -0.4 is 17.0 Å². The lowest BCUT2D eigenvalue weighted by Crippen LogP contribution is -2.44. The number of aromatic nitrogens is 2. The molecule has 0 unspecified atom stereocenters. The van der Waals surface area contributed by atoms with E-state index in [4.69, 9.17) is 5.73 Å². The number of anilines is 1. The lowest BCUT2D eigenvalue weighted by atomic mass is 10.1. The molecule has 1 aromatic carbocycles. The van der Waals surface area contributed by atoms with Gasteiger partial charge in [0.25, 0.3) is 17.4 Å². The summed E-state index contributed by atoms with van der Waals surface area (Å²) in [4.78, 5) is 62.0. The second kappa shape index (κ2) is 5.55. The maximum atomic E-state index is 12.5. The standard InChI is InChI=1S/C16H14N4O5/c1-18-12(17)11(15(24)19(2)16(18)25)10(21)7-20-13(22)8-5-3-4-6-9(8)14(20)23/h3-6H,7,17H2,1-2H3. The molecule has 2 aromatic rings. The number of nitrogens with two attached hydrogens (primary N) is 1. The first-order valence-corrected chi connectivity index (χ1v) is 7.29. The van der Waals surface area contributed by atoms with Crippen molar-refractivity contribution in [3.05, 3.63) is 61.8 Å². The van der Waals surface area contributed by atoms with Crippen LogP contribution >= 0.6 is 0 Å². The van der Waals surface area contributed by atoms with Gasteiger partial charge in [-0.25, -0.2) is 4.79 Å². The SMILES string of the molecule is Cn1c(N)c(C(=O)CN2C(=O)c3ccccc3C2=O)c(=O)n(C)c1=O. The van der Waals surface area contributed by atoms with Crippen LogP contribution in [0.5, 0.6) is 0 Å². The predicted molar refractivity (Wildman–Crippen MR) is 87.5 cm³/mol. The fourth-order valence-corrected chi connectivity index (χ4v) is 2.73. The highest BCUT2D eigenvalue weighted by Gasteiger charge is 2.37. The van der Waals surface area contributed by atoms with E-state index < -0.39 is 41.0 Å². The van der Waals surface area contributed by atoms with Crippen LogP contribution in [0.3, 0.4) is 0 Å². The number of rotatable bonds is 3. The molecule has 0 radical (unpaired) electrons. The molecule has 128 valence electrons. The van der Waals surface area contributed by atoms with E-state index in [-0.39, 0.29) is 16.9 Å². The molecule has 25 heavy (non-hydrogen) atoms. The minimum atomic E-state index is -0.873. The Hall–Kier alpha value is -3.49. The minimum Gasteiger partial charge on any atom is -0.384 e. The Morgan fingerprint density at radius 1 is 0.960 bits per heavy atom. The number of imide groups is 1. The molecule has 1 aliphatic rings. The molecule has 0 bridgehead atoms. The second-order valence-electron chi connectivity index (χ2n) is 5.63. The summed E-state index contributed by atoms with van der Waals surface area (Å²) in [6.45, 7) is -0.635. The molecule has 2 heterocycles. The first-order valence-electron chi connectivity index (χ1n) is 7.29. The van der Waals surface area contributed by atoms with E-state index in [2.05, 4.69) is 0 Å². The molecule has 0 spiro atoms. The number of hydrogen-bond donors (Lipinski definition) is 1. The molecule has 2 N–H and O–H groups in total. The summed E-state index contributed by atoms with van der Waals surface area (Å²) in [5.74, 6) is -2.36. The summed E-state index contributed by atoms with van der Waals surface area (Å²) < 4.78 is 1.70. The smallest absolute Gasteiger partial charge is 0.332 e. The quantitative estimate of drug-likeness (QED) is 0.572. The zero-order valence-electron chi connectivity index (χ0n) is 13.5. The van der Waals surface area contributed by atoms with Gasteiger partial charge in [0.1, 0.15) is 11.4 Å². The normalized spacial score (nSPS) is 13.3. The predicted octanol–water partition coefficient (Wildman–Crippen LogP) is -0.855. The van der Waals surface area contributed by atoms with Crippen LogP contribution in [-0.4, -0.2) is 38.2 Å². The van der Waals surface area contributed by atoms with Gasteiger partial charge in [-0.15, -0.1) is 0 Å². The van der Waals surface area contributed by atoms with Crippen molar-refractivity contribution >= 4 is 23.4 Å². The summed E-state index contributed by atoms with van der Waals surface area (Å²) in [7, 11) is 2.53. The third-order valence-corrected chi connectivity index (χ3v) is 4.17. The van der Waals surface area contributed by atoms with Crippen LogP contribution in [0, 0.1) is 0 Å². The zero-order valence-corrected chi connectivity index (χ0v) is 13.5. The molecule has 9 heteroatoms. The highest BCUT2D eigenvalue weighted by molar-refractivity contribution is 6.23. The van der Waals surface area contributed by atoms with Crippen LogP contribution in [0.15, 0.2) is 33.9 Å². The van der Waals surface area contributed by atoms with E-state index in [1.807, 2.05) is 0 Å². The molecular weight excluding hydrogens is 328 g/mol. The second-order valence-corrected chi connectivity index (χ2v) is 5.63. The first-order chi connectivity index (χ1) is 11.8. The molecule has 9 nitrogen and oxygen atoms in total. The lowest BCUT2D eigenvalue weighted by Gasteiger charge is -2.15. The maximum absolute atomic E-state index is 12.5. The van der Waals surface area contributed by atoms with Gasteiger partial charge in [-0.05, 0) is 12.1 Å². The lowest BCUT2D eigenvalue weighted by molar-refractivity contribution is 0.0623. The first kappa shape index (κ1) is 16.4. The van der Waals surface area contributed by atoms with Crippen molar-refractivity contribution in [2.75, 3.05) is 12.3 Å². The van der Waals surface area contributed by atoms with Crippen LogP contribution in [0.2, 0.25) is 0 Å². The number of nitrogens with zero attached hydrogens (tertiary/aromatic N) is 3. The molecule has 0 saturated heterocycles. The van der Waals surface area contributed by atoms with E-state index >= 15 is 0 Å². The van der Waals surface area contributed by atoms with Crippen molar-refractivity contribution in [3.8, 4) is 0 Å². The zero-order chi connectivity index (χ0) is 18.5. The van der Waals surface area contributed by atoms with E-state index in [0.29, 0.717) is 0 Å². The number of carbonyl (C=O) groups is 3. The van der Waals surface area contributed by atoms with Gasteiger partial charge >= 0.3 is 5.69 Å². The van der Waals surface area contributed by atoms with Gasteiger partial charge in [0.05, 0.1) is 17.7 Å². The van der Waals surface area contributed by atoms with Crippen molar-refractivity contribution in [1.29, 1.82) is 0 Å². The topological polar surface area (TPSA) is 124 Å². The Balaban J connectivity index is 2.01. The molecule has 1 aliphatic heterocycles. The van der Waals surface area contributed by atoms with Gasteiger partial charge in [0.15, 0.2) is 5.78 Å². The summed E-state index contributed by atoms with van der Waals surface area (Å²) in [5.41, 5.74) is 4.13. The Kier molecular flexibility index (Phi) is 3.63. The highest BCUT2D eigenvalue weighted by atomic mass is 16.2. The van der Waals surface area contributed by atoms with Gasteiger partial charge in [0.2, 0.25) is 0 Å². The number of carbonyl (C=O) groups excluding carboxylic acids is 3. The average molecular weight is 342 g/mol. The fraction of sp³-hybridized carbons (Fsp3) is 0.188. The summed E-state index contributed by atoms with van der Waals surface area (Å²) in [5, 5.41) is 0. The number of ketones is 1. The summed E-state index contributed by atoms with van der Waals surface area (Å²) in [6, 6.07) is 6.19. The average Bonchev–Trinajstić information content (AvgIpc) is 2.84. The Bertz CT molecular complexity index is 1030. The number of fused-ring (bicyclic) bond motifs is 1. The van der Waals surface area contributed by atoms with Crippen LogP contribution in [0.1, 0.15) is 31.1 Å². The molecule has 1 aromatic heterocycles. The Morgan fingerprint density at radius 3 is 2.00 bits per heavy atom. The minimum absolute atomic E-state index is 0.196. The van der Waals surface area contributed by atoms with Gasteiger partial charge < -0.3 is 5.73 Å². The maximum Gasteiger partial charge on any atom is 0.332 e. The highest BCUT2D eigenvalue weighted by Crippen LogP contribution is 2.22. The number of Topliss-reactive ketones (excluding diaryl/α,β-unsaturated/α-hetero) is 1. The molecule has 0 aliphatic carbocycles. The Labute approximate surface area is 140 Å². The van der Waals surface area contributed by atoms with Crippen molar-refractivity contribution in [1.82, 2.24) is 14.0 Å². The summed E-state index contributed by atoms with van der Waals surface area (Å²) >= 11 is 0. The molecular formula is C16H14N4O5. The third-order valence-electron chi connectivity index (χ3n) is 4.17. The van der Waals surface area contributed by atoms with Gasteiger partial charge in [-0.2, -0.15) is 0 Å². The number of amides is 2. The summed E-state index contributed by atoms with van der Waals surface area (Å²) in [6.07, 6.45) is 0. The van der Waals surface area contributed by atoms with Crippen LogP contribution in [0.4, 0.5) is 5.82 Å². The van der Waals surface area contributed by atoms with E-state index in [1.54, 1.807) is 12.1 Å². The fourth-order valence-electron chi connectivity index (χ4n) is 2.73. The van der Waals surface area contributed by atoms with Crippen molar-refractivity contribution in [3.63, 3.8) is 0 Å².